The van der Waals surface area contributed by atoms with E-state index in [1.54, 1.807) is 6.07 Å². The number of aryl methyl sites for hydroxylation is 3. The number of benzene rings is 1. The summed E-state index contributed by atoms with van der Waals surface area (Å²) in [6.07, 6.45) is 5.33. The number of sulfonamides is 1. The first-order chi connectivity index (χ1) is 14.3. The Hall–Kier alpha value is -2.12. The molecule has 4 rings (SSSR count). The van der Waals surface area contributed by atoms with E-state index in [1.807, 2.05) is 38.1 Å². The second kappa shape index (κ2) is 8.55. The molecule has 6 nitrogen and oxygen atoms in total. The second-order valence-electron chi connectivity index (χ2n) is 8.49. The van der Waals surface area contributed by atoms with Crippen molar-refractivity contribution in [3.8, 4) is 0 Å². The van der Waals surface area contributed by atoms with Gasteiger partial charge in [0.15, 0.2) is 0 Å². The Balaban J connectivity index is 1.37. The second-order valence-corrected chi connectivity index (χ2v) is 10.4. The van der Waals surface area contributed by atoms with Crippen LogP contribution in [-0.2, 0) is 27.7 Å². The van der Waals surface area contributed by atoms with Gasteiger partial charge >= 0.3 is 0 Å². The number of nitrogens with one attached hydrogen (secondary N) is 1. The molecule has 0 saturated carbocycles. The molecular formula is C23H30N2O4S. The number of rotatable bonds is 5. The topological polar surface area (TPSA) is 79.6 Å². The van der Waals surface area contributed by atoms with Gasteiger partial charge in [0.05, 0.1) is 10.9 Å². The molecule has 2 aromatic rings. The highest BCUT2D eigenvalue weighted by Crippen LogP contribution is 2.28. The Kier molecular flexibility index (Phi) is 6.02. The summed E-state index contributed by atoms with van der Waals surface area (Å²) in [5.74, 6) is 1.32. The molecule has 1 aliphatic carbocycles. The van der Waals surface area contributed by atoms with Gasteiger partial charge in [-0.25, -0.2) is 8.42 Å². The summed E-state index contributed by atoms with van der Waals surface area (Å²) in [5.41, 5.74) is 2.44. The molecule has 7 heteroatoms. The highest BCUT2D eigenvalue weighted by atomic mass is 32.2. The largest absolute Gasteiger partial charge is 0.464 e. The maximum Gasteiger partial charge on any atom is 0.243 e. The average molecular weight is 431 g/mol. The molecule has 1 N–H and O–H groups in total. The number of hydrogen-bond acceptors (Lipinski definition) is 4. The first kappa shape index (κ1) is 21.1. The quantitative estimate of drug-likeness (QED) is 0.784. The standard InChI is InChI=1S/C23H30N2O4S/c1-16-7-10-22(29-16)17(2)24-23(26)19-11-13-25(14-12-19)30(27,28)21-9-8-18-5-3-4-6-20(18)15-21/h7-10,15,17,19H,3-6,11-14H2,1-2H3,(H,24,26). The van der Waals surface area contributed by atoms with Gasteiger partial charge in [-0.15, -0.1) is 0 Å². The molecule has 1 aliphatic heterocycles. The van der Waals surface area contributed by atoms with Crippen LogP contribution < -0.4 is 5.32 Å². The van der Waals surface area contributed by atoms with Crippen molar-refractivity contribution in [3.05, 3.63) is 53.0 Å². The van der Waals surface area contributed by atoms with Crippen molar-refractivity contribution in [3.63, 3.8) is 0 Å². The van der Waals surface area contributed by atoms with E-state index in [-0.39, 0.29) is 17.9 Å². The smallest absolute Gasteiger partial charge is 0.243 e. The summed E-state index contributed by atoms with van der Waals surface area (Å²) < 4.78 is 33.4. The van der Waals surface area contributed by atoms with Crippen molar-refractivity contribution in [1.82, 2.24) is 9.62 Å². The molecule has 30 heavy (non-hydrogen) atoms. The van der Waals surface area contributed by atoms with Crippen molar-refractivity contribution in [2.75, 3.05) is 13.1 Å². The lowest BCUT2D eigenvalue weighted by Crippen LogP contribution is -2.43. The van der Waals surface area contributed by atoms with Crippen molar-refractivity contribution in [2.45, 2.75) is 63.3 Å². The van der Waals surface area contributed by atoms with E-state index in [2.05, 4.69) is 5.32 Å². The molecule has 0 bridgehead atoms. The Labute approximate surface area is 178 Å². The molecule has 1 aromatic heterocycles. The Morgan fingerprint density at radius 2 is 1.80 bits per heavy atom. The minimum Gasteiger partial charge on any atom is -0.464 e. The summed E-state index contributed by atoms with van der Waals surface area (Å²) >= 11 is 0. The van der Waals surface area contributed by atoms with E-state index in [1.165, 1.54) is 21.9 Å². The van der Waals surface area contributed by atoms with Crippen molar-refractivity contribution in [1.29, 1.82) is 0 Å². The number of nitrogens with zero attached hydrogens (tertiary/aromatic N) is 1. The number of fused-ring (bicyclic) bond motifs is 1. The lowest BCUT2D eigenvalue weighted by molar-refractivity contribution is -0.126. The monoisotopic (exact) mass is 430 g/mol. The summed E-state index contributed by atoms with van der Waals surface area (Å²) in [4.78, 5) is 13.0. The zero-order valence-electron chi connectivity index (χ0n) is 17.7. The minimum atomic E-state index is -3.52. The molecular weight excluding hydrogens is 400 g/mol. The van der Waals surface area contributed by atoms with E-state index < -0.39 is 10.0 Å². The van der Waals surface area contributed by atoms with E-state index in [4.69, 9.17) is 4.42 Å². The molecule has 1 unspecified atom stereocenters. The molecule has 2 aliphatic rings. The van der Waals surface area contributed by atoms with Crippen LogP contribution in [0.4, 0.5) is 0 Å². The Morgan fingerprint density at radius 3 is 2.47 bits per heavy atom. The fourth-order valence-corrected chi connectivity index (χ4v) is 5.99. The number of hydrogen-bond donors (Lipinski definition) is 1. The number of amides is 1. The van der Waals surface area contributed by atoms with Crippen LogP contribution in [0, 0.1) is 12.8 Å². The van der Waals surface area contributed by atoms with Gasteiger partial charge in [-0.3, -0.25) is 4.79 Å². The Morgan fingerprint density at radius 1 is 1.10 bits per heavy atom. The summed E-state index contributed by atoms with van der Waals surface area (Å²) in [6, 6.07) is 9.11. The maximum atomic E-state index is 13.1. The average Bonchev–Trinajstić information content (AvgIpc) is 3.20. The lowest BCUT2D eigenvalue weighted by atomic mass is 9.92. The third-order valence-electron chi connectivity index (χ3n) is 6.33. The van der Waals surface area contributed by atoms with Crippen LogP contribution >= 0.6 is 0 Å². The van der Waals surface area contributed by atoms with Crippen LogP contribution in [0.1, 0.15) is 61.3 Å². The van der Waals surface area contributed by atoms with E-state index in [9.17, 15) is 13.2 Å². The van der Waals surface area contributed by atoms with Crippen molar-refractivity contribution < 1.29 is 17.6 Å². The fraction of sp³-hybridized carbons (Fsp3) is 0.522. The number of carbonyl (C=O) groups is 1. The predicted octanol–water partition coefficient (Wildman–Crippen LogP) is 3.74. The van der Waals surface area contributed by atoms with E-state index in [0.29, 0.717) is 30.8 Å². The Bertz CT molecular complexity index is 1020. The third-order valence-corrected chi connectivity index (χ3v) is 8.22. The fourth-order valence-electron chi connectivity index (χ4n) is 4.47. The van der Waals surface area contributed by atoms with Crippen molar-refractivity contribution in [2.24, 2.45) is 5.92 Å². The van der Waals surface area contributed by atoms with Crippen LogP contribution in [0.3, 0.4) is 0 Å². The molecule has 0 spiro atoms. The normalized spacial score (nSPS) is 19.3. The summed E-state index contributed by atoms with van der Waals surface area (Å²) in [6.45, 7) is 4.50. The third kappa shape index (κ3) is 4.32. The van der Waals surface area contributed by atoms with Gasteiger partial charge in [-0.2, -0.15) is 4.31 Å². The predicted molar refractivity (Wildman–Crippen MR) is 115 cm³/mol. The number of furan rings is 1. The van der Waals surface area contributed by atoms with Crippen LogP contribution in [-0.4, -0.2) is 31.7 Å². The summed E-state index contributed by atoms with van der Waals surface area (Å²) in [7, 11) is -3.52. The molecule has 1 amide bonds. The SMILES string of the molecule is Cc1ccc(C(C)NC(=O)C2CCN(S(=O)(=O)c3ccc4c(c3)CCCC4)CC2)o1. The molecule has 1 fully saturated rings. The van der Waals surface area contributed by atoms with Gasteiger partial charge in [0.25, 0.3) is 0 Å². The van der Waals surface area contributed by atoms with Gasteiger partial charge in [0.1, 0.15) is 11.5 Å². The van der Waals surface area contributed by atoms with Crippen LogP contribution in [0.15, 0.2) is 39.6 Å². The molecule has 2 heterocycles. The van der Waals surface area contributed by atoms with Crippen molar-refractivity contribution >= 4 is 15.9 Å². The number of carbonyl (C=O) groups excluding carboxylic acids is 1. The molecule has 1 atom stereocenters. The first-order valence-electron chi connectivity index (χ1n) is 10.8. The first-order valence-corrected chi connectivity index (χ1v) is 12.3. The van der Waals surface area contributed by atoms with Crippen LogP contribution in [0.2, 0.25) is 0 Å². The van der Waals surface area contributed by atoms with Gasteiger partial charge in [-0.05, 0) is 87.8 Å². The maximum absolute atomic E-state index is 13.1. The van der Waals surface area contributed by atoms with Crippen LogP contribution in [0.25, 0.3) is 0 Å². The lowest BCUT2D eigenvalue weighted by Gasteiger charge is -2.31. The zero-order chi connectivity index (χ0) is 21.3. The van der Waals surface area contributed by atoms with Crippen LogP contribution in [0.5, 0.6) is 0 Å². The van der Waals surface area contributed by atoms with Gasteiger partial charge in [0, 0.05) is 19.0 Å². The van der Waals surface area contributed by atoms with Gasteiger partial charge in [-0.1, -0.05) is 6.07 Å². The zero-order valence-corrected chi connectivity index (χ0v) is 18.5. The van der Waals surface area contributed by atoms with E-state index >= 15 is 0 Å². The highest BCUT2D eigenvalue weighted by molar-refractivity contribution is 7.89. The molecule has 0 radical (unpaired) electrons. The number of piperidine rings is 1. The van der Waals surface area contributed by atoms with Gasteiger partial charge in [0.2, 0.25) is 15.9 Å². The molecule has 162 valence electrons. The minimum absolute atomic E-state index is 0.0395. The summed E-state index contributed by atoms with van der Waals surface area (Å²) in [5, 5.41) is 3.00. The molecule has 1 aromatic carbocycles. The van der Waals surface area contributed by atoms with Gasteiger partial charge < -0.3 is 9.73 Å². The molecule has 1 saturated heterocycles. The highest BCUT2D eigenvalue weighted by Gasteiger charge is 2.33. The van der Waals surface area contributed by atoms with E-state index in [0.717, 1.165) is 30.8 Å².